The summed E-state index contributed by atoms with van der Waals surface area (Å²) < 4.78 is 192. The average molecular weight is 785 g/mol. The molecule has 0 amide bonds. The summed E-state index contributed by atoms with van der Waals surface area (Å²) in [6, 6.07) is 1.25. The summed E-state index contributed by atoms with van der Waals surface area (Å²) in [6.07, 6.45) is 0. The molecule has 12 rings (SSSR count). The summed E-state index contributed by atoms with van der Waals surface area (Å²) in [7, 11) is 0. The summed E-state index contributed by atoms with van der Waals surface area (Å²) in [5.74, 6) is -1.47. The molecule has 4 heterocycles. The van der Waals surface area contributed by atoms with E-state index in [1.54, 1.807) is 42.5 Å². The van der Waals surface area contributed by atoms with Crippen molar-refractivity contribution in [3.8, 4) is 56.4 Å². The van der Waals surface area contributed by atoms with Crippen molar-refractivity contribution < 1.29 is 33.2 Å². The molecule has 6 heteroatoms. The van der Waals surface area contributed by atoms with E-state index in [-0.39, 0.29) is 99.5 Å². The molecule has 0 unspecified atom stereocenters. The van der Waals surface area contributed by atoms with Gasteiger partial charge in [0.1, 0.15) is 11.2 Å². The lowest BCUT2D eigenvalue weighted by Gasteiger charge is -2.10. The van der Waals surface area contributed by atoms with Crippen molar-refractivity contribution in [1.82, 2.24) is 15.0 Å². The third-order valence-corrected chi connectivity index (χ3v) is 11.8. The molecule has 57 heavy (non-hydrogen) atoms. The molecule has 0 saturated carbocycles. The number of fused-ring (bicyclic) bond motifs is 9. The van der Waals surface area contributed by atoms with Crippen LogP contribution in [0.25, 0.3) is 119 Å². The van der Waals surface area contributed by atoms with Gasteiger partial charge in [0.15, 0.2) is 17.5 Å². The van der Waals surface area contributed by atoms with E-state index >= 15 is 0 Å². The van der Waals surface area contributed by atoms with Gasteiger partial charge in [0, 0.05) is 73.4 Å². The molecule has 0 radical (unpaired) electrons. The van der Waals surface area contributed by atoms with Gasteiger partial charge in [-0.3, -0.25) is 0 Å². The zero-order valence-corrected chi connectivity index (χ0v) is 30.3. The van der Waals surface area contributed by atoms with Crippen LogP contribution < -0.4 is 0 Å². The molecule has 4 aromatic heterocycles. The van der Waals surface area contributed by atoms with Gasteiger partial charge in [0.25, 0.3) is 0 Å². The predicted molar refractivity (Wildman–Crippen MR) is 240 cm³/mol. The molecule has 266 valence electrons. The van der Waals surface area contributed by atoms with Crippen LogP contribution in [0.3, 0.4) is 0 Å². The van der Waals surface area contributed by atoms with Crippen LogP contribution >= 0.6 is 22.7 Å². The molecule has 0 spiro atoms. The molecular formula is C51H29N3OS2. The molecule has 12 aromatic rings. The summed E-state index contributed by atoms with van der Waals surface area (Å²) in [6.45, 7) is 0. The Kier molecular flexibility index (Phi) is 4.01. The second-order valence-electron chi connectivity index (χ2n) is 12.7. The van der Waals surface area contributed by atoms with Gasteiger partial charge in [-0.25, -0.2) is 15.0 Å². The standard InChI is InChI=1S/C51H29N3OS2/c1-3-13-30(14-4-1)49-52-50(31-15-5-2-6-16-31)54-51(53-49)40-22-12-20-37-35-26-25-32(29-45(35)57-48(37)40)33-27-41(46-39-18-7-9-23-42(39)55-43(46)28-33)38-21-11-19-36-34-17-8-10-24-44(34)56-47(36)38/h1-29H/i1D,2D,3D,4D,5D,6D,8D,10D,11D,12D,13D,14D,15D,16D,17D,19D,20D,21D,24D,25D,26D. The first-order valence-corrected chi connectivity index (χ1v) is 18.8. The lowest BCUT2D eigenvalue weighted by atomic mass is 9.93. The minimum atomic E-state index is -0.745. The molecule has 0 N–H and O–H groups in total. The maximum Gasteiger partial charge on any atom is 0.165 e. The fourth-order valence-corrected chi connectivity index (χ4v) is 9.26. The Morgan fingerprint density at radius 3 is 1.86 bits per heavy atom. The Labute approximate surface area is 364 Å². The Morgan fingerprint density at radius 2 is 1.05 bits per heavy atom. The number of nitrogens with zero attached hydrogens (tertiary/aromatic N) is 3. The van der Waals surface area contributed by atoms with Crippen molar-refractivity contribution in [2.75, 3.05) is 0 Å². The van der Waals surface area contributed by atoms with Crippen molar-refractivity contribution in [1.29, 1.82) is 0 Å². The minimum Gasteiger partial charge on any atom is -0.456 e. The molecule has 0 aliphatic carbocycles. The maximum atomic E-state index is 9.61. The second-order valence-corrected chi connectivity index (χ2v) is 14.8. The second kappa shape index (κ2) is 12.8. The summed E-state index contributed by atoms with van der Waals surface area (Å²) in [5, 5.41) is 1.26. The van der Waals surface area contributed by atoms with Gasteiger partial charge in [-0.1, -0.05) is 139 Å². The highest BCUT2D eigenvalue weighted by Crippen LogP contribution is 2.47. The molecule has 0 aliphatic rings. The lowest BCUT2D eigenvalue weighted by Crippen LogP contribution is -2.00. The van der Waals surface area contributed by atoms with Gasteiger partial charge in [0.05, 0.1) is 28.8 Å². The Morgan fingerprint density at radius 1 is 0.404 bits per heavy atom. The van der Waals surface area contributed by atoms with Crippen LogP contribution in [-0.2, 0) is 0 Å². The largest absolute Gasteiger partial charge is 0.456 e. The Balaban J connectivity index is 1.15. The monoisotopic (exact) mass is 784 g/mol. The van der Waals surface area contributed by atoms with Crippen LogP contribution in [0.1, 0.15) is 28.8 Å². The fourth-order valence-electron chi connectivity index (χ4n) is 7.02. The van der Waals surface area contributed by atoms with Gasteiger partial charge < -0.3 is 4.42 Å². The first-order chi connectivity index (χ1) is 36.9. The van der Waals surface area contributed by atoms with E-state index < -0.39 is 119 Å². The molecule has 0 bridgehead atoms. The van der Waals surface area contributed by atoms with Crippen LogP contribution in [0, 0.1) is 0 Å². The van der Waals surface area contributed by atoms with Gasteiger partial charge in [-0.2, -0.15) is 0 Å². The van der Waals surface area contributed by atoms with Crippen molar-refractivity contribution in [3.05, 3.63) is 175 Å². The van der Waals surface area contributed by atoms with E-state index in [0.717, 1.165) is 22.7 Å². The number of rotatable bonds is 5. The predicted octanol–water partition coefficient (Wildman–Crippen LogP) is 14.8. The van der Waals surface area contributed by atoms with Crippen molar-refractivity contribution in [2.45, 2.75) is 0 Å². The van der Waals surface area contributed by atoms with Crippen molar-refractivity contribution in [3.63, 3.8) is 0 Å². The molecule has 0 aliphatic heterocycles. The maximum absolute atomic E-state index is 9.61. The topological polar surface area (TPSA) is 51.8 Å². The van der Waals surface area contributed by atoms with Gasteiger partial charge in [0.2, 0.25) is 0 Å². The normalized spacial score (nSPS) is 17.0. The molecular weight excluding hydrogens is 735 g/mol. The number of para-hydroxylation sites is 1. The van der Waals surface area contributed by atoms with Crippen molar-refractivity contribution >= 4 is 85.0 Å². The van der Waals surface area contributed by atoms with E-state index in [1.807, 2.05) is 0 Å². The van der Waals surface area contributed by atoms with Crippen LogP contribution in [0.5, 0.6) is 0 Å². The van der Waals surface area contributed by atoms with Crippen LogP contribution in [0.4, 0.5) is 0 Å². The van der Waals surface area contributed by atoms with Crippen molar-refractivity contribution in [2.24, 2.45) is 0 Å². The highest BCUT2D eigenvalue weighted by atomic mass is 32.1. The molecule has 0 atom stereocenters. The van der Waals surface area contributed by atoms with Crippen LogP contribution in [0.15, 0.2) is 180 Å². The van der Waals surface area contributed by atoms with E-state index in [1.165, 1.54) is 6.07 Å². The first kappa shape index (κ1) is 17.9. The van der Waals surface area contributed by atoms with Gasteiger partial charge >= 0.3 is 0 Å². The number of benzene rings is 8. The minimum absolute atomic E-state index is 0.0172. The van der Waals surface area contributed by atoms with E-state index in [4.69, 9.17) is 27.7 Å². The van der Waals surface area contributed by atoms with E-state index in [9.17, 15) is 5.48 Å². The van der Waals surface area contributed by atoms with Gasteiger partial charge in [-0.15, -0.1) is 22.7 Å². The highest BCUT2D eigenvalue weighted by molar-refractivity contribution is 7.26. The van der Waals surface area contributed by atoms with E-state index in [0.29, 0.717) is 26.6 Å². The number of hydrogen-bond donors (Lipinski definition) is 0. The molecule has 0 saturated heterocycles. The first-order valence-electron chi connectivity index (χ1n) is 27.7. The molecule has 8 aromatic carbocycles. The summed E-state index contributed by atoms with van der Waals surface area (Å²) in [4.78, 5) is 13.5. The lowest BCUT2D eigenvalue weighted by molar-refractivity contribution is 0.669. The third kappa shape index (κ3) is 5.22. The van der Waals surface area contributed by atoms with E-state index in [2.05, 4.69) is 15.0 Å². The zero-order chi connectivity index (χ0) is 55.7. The Hall–Kier alpha value is -6.99. The fraction of sp³-hybridized carbons (Fsp3) is 0. The van der Waals surface area contributed by atoms with Crippen LogP contribution in [0.2, 0.25) is 0 Å². The van der Waals surface area contributed by atoms with Gasteiger partial charge in [-0.05, 0) is 53.1 Å². The number of aromatic nitrogens is 3. The zero-order valence-electron chi connectivity index (χ0n) is 49.7. The Bertz CT molecular complexity index is 4640. The number of furan rings is 1. The third-order valence-electron chi connectivity index (χ3n) is 9.51. The quantitative estimate of drug-likeness (QED) is 0.174. The smallest absolute Gasteiger partial charge is 0.165 e. The number of hydrogen-bond acceptors (Lipinski definition) is 6. The highest BCUT2D eigenvalue weighted by Gasteiger charge is 2.20. The SMILES string of the molecule is [2H]c1cc(-c2nc(-c3c([2H])c([2H])c([2H])c([2H])c3[2H])nc(-c3c([2H])c([2H])c([2H])c([2H])c3[2H])n2)c2sc3cc(-c4cc(-c5c([2H])c([2H])c([2H])c6c5sc5c([2H])c([2H])c([2H])c([2H])c56)c5c(c4)oc4ccccc45)c([2H])c([2H])c3c2c1[2H]. The van der Waals surface area contributed by atoms with Crippen LogP contribution in [-0.4, -0.2) is 15.0 Å². The number of thiophene rings is 2. The summed E-state index contributed by atoms with van der Waals surface area (Å²) in [5.41, 5.74) is 0.505. The molecule has 0 fully saturated rings. The summed E-state index contributed by atoms with van der Waals surface area (Å²) >= 11 is 1.96. The average Bonchev–Trinajstić information content (AvgIpc) is 4.06. The molecule has 4 nitrogen and oxygen atoms in total.